The molecular formula is C11H13NO7S. The fourth-order valence-electron chi connectivity index (χ4n) is 1.53. The first-order valence-corrected chi connectivity index (χ1v) is 7.11. The summed E-state index contributed by atoms with van der Waals surface area (Å²) in [5.74, 6) is -1.30. The molecule has 0 N–H and O–H groups in total. The second-order valence-corrected chi connectivity index (χ2v) is 5.92. The fraction of sp³-hybridized carbons (Fsp3) is 0.364. The number of hydrogen-bond donors (Lipinski definition) is 0. The number of nitro benzene ring substituents is 1. The highest BCUT2D eigenvalue weighted by Crippen LogP contribution is 2.33. The minimum atomic E-state index is -3.87. The molecule has 0 fully saturated rings. The summed E-state index contributed by atoms with van der Waals surface area (Å²) in [6.45, 7) is 1.35. The molecule has 0 spiro atoms. The van der Waals surface area contributed by atoms with E-state index in [9.17, 15) is 23.3 Å². The minimum absolute atomic E-state index is 0.126. The molecule has 0 atom stereocenters. The summed E-state index contributed by atoms with van der Waals surface area (Å²) in [5.41, 5.74) is -0.830. The first-order valence-electron chi connectivity index (χ1n) is 5.46. The number of esters is 1. The molecule has 110 valence electrons. The molecule has 1 rings (SSSR count). The highest BCUT2D eigenvalue weighted by Gasteiger charge is 2.29. The van der Waals surface area contributed by atoms with Crippen LogP contribution in [0.5, 0.6) is 5.75 Å². The molecule has 9 heteroatoms. The van der Waals surface area contributed by atoms with Gasteiger partial charge in [-0.2, -0.15) is 0 Å². The minimum Gasteiger partial charge on any atom is -0.496 e. The molecule has 0 aliphatic heterocycles. The Morgan fingerprint density at radius 3 is 2.35 bits per heavy atom. The van der Waals surface area contributed by atoms with Crippen LogP contribution in [0.1, 0.15) is 17.3 Å². The monoisotopic (exact) mass is 303 g/mol. The average molecular weight is 303 g/mol. The van der Waals surface area contributed by atoms with Gasteiger partial charge in [-0.3, -0.25) is 10.1 Å². The summed E-state index contributed by atoms with van der Waals surface area (Å²) in [4.78, 5) is 21.2. The van der Waals surface area contributed by atoms with Crippen LogP contribution >= 0.6 is 0 Å². The van der Waals surface area contributed by atoms with Crippen LogP contribution in [0.3, 0.4) is 0 Å². The van der Waals surface area contributed by atoms with Crippen LogP contribution in [0.25, 0.3) is 0 Å². The van der Waals surface area contributed by atoms with E-state index in [0.717, 1.165) is 19.2 Å². The molecule has 8 nitrogen and oxygen atoms in total. The molecule has 1 aromatic carbocycles. The molecular weight excluding hydrogens is 290 g/mol. The van der Waals surface area contributed by atoms with Gasteiger partial charge >= 0.3 is 5.97 Å². The third kappa shape index (κ3) is 2.87. The number of carbonyl (C=O) groups is 1. The number of nitro groups is 1. The van der Waals surface area contributed by atoms with Crippen molar-refractivity contribution in [3.05, 3.63) is 27.8 Å². The molecule has 0 heterocycles. The van der Waals surface area contributed by atoms with E-state index in [0.29, 0.717) is 0 Å². The lowest BCUT2D eigenvalue weighted by molar-refractivity contribution is -0.387. The molecule has 1 aromatic rings. The number of methoxy groups -OCH3 is 2. The molecule has 0 radical (unpaired) electrons. The summed E-state index contributed by atoms with van der Waals surface area (Å²) in [5, 5.41) is 11.0. The van der Waals surface area contributed by atoms with E-state index < -0.39 is 31.3 Å². The van der Waals surface area contributed by atoms with Crippen LogP contribution in [0, 0.1) is 10.1 Å². The second kappa shape index (κ2) is 5.87. The molecule has 0 bridgehead atoms. The molecule has 0 aliphatic rings. The zero-order valence-corrected chi connectivity index (χ0v) is 11.9. The highest BCUT2D eigenvalue weighted by molar-refractivity contribution is 7.91. The number of hydrogen-bond acceptors (Lipinski definition) is 7. The van der Waals surface area contributed by atoms with Gasteiger partial charge in [0.15, 0.2) is 9.84 Å². The number of nitrogens with zero attached hydrogens (tertiary/aromatic N) is 1. The van der Waals surface area contributed by atoms with E-state index in [1.54, 1.807) is 0 Å². The number of ether oxygens (including phenoxy) is 2. The predicted molar refractivity (Wildman–Crippen MR) is 68.7 cm³/mol. The van der Waals surface area contributed by atoms with Crippen LogP contribution in [-0.4, -0.2) is 39.3 Å². The zero-order chi connectivity index (χ0) is 15.5. The van der Waals surface area contributed by atoms with Crippen molar-refractivity contribution >= 4 is 21.5 Å². The van der Waals surface area contributed by atoms with Crippen LogP contribution in [0.4, 0.5) is 5.69 Å². The van der Waals surface area contributed by atoms with Gasteiger partial charge in [0.05, 0.1) is 31.0 Å². The van der Waals surface area contributed by atoms with Crippen molar-refractivity contribution in [1.82, 2.24) is 0 Å². The second-order valence-electron chi connectivity index (χ2n) is 3.67. The molecule has 0 amide bonds. The van der Waals surface area contributed by atoms with E-state index in [-0.39, 0.29) is 17.1 Å². The Morgan fingerprint density at radius 2 is 1.95 bits per heavy atom. The van der Waals surface area contributed by atoms with Gasteiger partial charge in [-0.25, -0.2) is 13.2 Å². The van der Waals surface area contributed by atoms with E-state index in [4.69, 9.17) is 4.74 Å². The molecule has 0 aliphatic carbocycles. The zero-order valence-electron chi connectivity index (χ0n) is 11.1. The Hall–Kier alpha value is -2.16. The lowest BCUT2D eigenvalue weighted by Crippen LogP contribution is -2.11. The summed E-state index contributed by atoms with van der Waals surface area (Å²) in [6, 6.07) is 1.80. The van der Waals surface area contributed by atoms with Crippen LogP contribution in [0.2, 0.25) is 0 Å². The van der Waals surface area contributed by atoms with Crippen molar-refractivity contribution in [3.63, 3.8) is 0 Å². The van der Waals surface area contributed by atoms with Gasteiger partial charge in [0.25, 0.3) is 5.69 Å². The predicted octanol–water partition coefficient (Wildman–Crippen LogP) is 1.18. The SMILES string of the molecule is CCS(=O)(=O)c1cc(C(=O)OC)c(OC)cc1[N+](=O)[O-]. The average Bonchev–Trinajstić information content (AvgIpc) is 2.44. The fourth-order valence-corrected chi connectivity index (χ4v) is 2.60. The van der Waals surface area contributed by atoms with Crippen LogP contribution < -0.4 is 4.74 Å². The first kappa shape index (κ1) is 15.9. The quantitative estimate of drug-likeness (QED) is 0.456. The van der Waals surface area contributed by atoms with E-state index in [1.165, 1.54) is 14.0 Å². The molecule has 0 unspecified atom stereocenters. The largest absolute Gasteiger partial charge is 0.496 e. The van der Waals surface area contributed by atoms with E-state index in [2.05, 4.69) is 4.74 Å². The maximum absolute atomic E-state index is 11.9. The maximum atomic E-state index is 11.9. The van der Waals surface area contributed by atoms with Crippen molar-refractivity contribution in [2.24, 2.45) is 0 Å². The van der Waals surface area contributed by atoms with Crippen molar-refractivity contribution in [1.29, 1.82) is 0 Å². The van der Waals surface area contributed by atoms with Crippen LogP contribution in [0.15, 0.2) is 17.0 Å². The Bertz CT molecular complexity index is 651. The lowest BCUT2D eigenvalue weighted by Gasteiger charge is -2.10. The number of carbonyl (C=O) groups excluding carboxylic acids is 1. The van der Waals surface area contributed by atoms with Crippen molar-refractivity contribution in [3.8, 4) is 5.75 Å². The Kier molecular flexibility index (Phi) is 4.66. The van der Waals surface area contributed by atoms with E-state index >= 15 is 0 Å². The molecule has 0 saturated carbocycles. The third-order valence-corrected chi connectivity index (χ3v) is 4.36. The van der Waals surface area contributed by atoms with Gasteiger partial charge in [0, 0.05) is 0 Å². The molecule has 0 saturated heterocycles. The van der Waals surface area contributed by atoms with Gasteiger partial charge in [-0.1, -0.05) is 6.92 Å². The number of benzene rings is 1. The van der Waals surface area contributed by atoms with Gasteiger partial charge in [-0.05, 0) is 6.07 Å². The standard InChI is InChI=1S/C11H13NO7S/c1-4-20(16,17)10-5-7(11(13)19-3)9(18-2)6-8(10)12(14)15/h5-6H,4H2,1-3H3. The van der Waals surface area contributed by atoms with E-state index in [1.807, 2.05) is 0 Å². The summed E-state index contributed by atoms with van der Waals surface area (Å²) in [7, 11) is -1.55. The highest BCUT2D eigenvalue weighted by atomic mass is 32.2. The number of sulfone groups is 1. The van der Waals surface area contributed by atoms with Crippen LogP contribution in [-0.2, 0) is 14.6 Å². The Labute approximate surface area is 115 Å². The van der Waals surface area contributed by atoms with Gasteiger partial charge in [-0.15, -0.1) is 0 Å². The maximum Gasteiger partial charge on any atom is 0.341 e. The first-order chi connectivity index (χ1) is 9.28. The topological polar surface area (TPSA) is 113 Å². The summed E-state index contributed by atoms with van der Waals surface area (Å²) >= 11 is 0. The summed E-state index contributed by atoms with van der Waals surface area (Å²) in [6.07, 6.45) is 0. The third-order valence-electron chi connectivity index (χ3n) is 2.60. The van der Waals surface area contributed by atoms with Gasteiger partial charge in [0.1, 0.15) is 16.2 Å². The lowest BCUT2D eigenvalue weighted by atomic mass is 10.2. The normalized spacial score (nSPS) is 10.9. The number of rotatable bonds is 5. The Morgan fingerprint density at radius 1 is 1.35 bits per heavy atom. The summed E-state index contributed by atoms with van der Waals surface area (Å²) < 4.78 is 33.1. The molecule has 0 aromatic heterocycles. The van der Waals surface area contributed by atoms with Gasteiger partial charge < -0.3 is 9.47 Å². The molecule has 20 heavy (non-hydrogen) atoms. The Balaban J connectivity index is 3.73. The van der Waals surface area contributed by atoms with Crippen molar-refractivity contribution in [2.75, 3.05) is 20.0 Å². The van der Waals surface area contributed by atoms with Crippen molar-refractivity contribution in [2.45, 2.75) is 11.8 Å². The van der Waals surface area contributed by atoms with Gasteiger partial charge in [0.2, 0.25) is 0 Å². The smallest absolute Gasteiger partial charge is 0.341 e. The van der Waals surface area contributed by atoms with Crippen molar-refractivity contribution < 1.29 is 27.6 Å².